The number of fused-ring (bicyclic) bond motifs is 2. The first-order chi connectivity index (χ1) is 18.2. The van der Waals surface area contributed by atoms with Gasteiger partial charge in [0.25, 0.3) is 5.91 Å². The summed E-state index contributed by atoms with van der Waals surface area (Å²) in [4.78, 5) is 42.4. The van der Waals surface area contributed by atoms with Crippen LogP contribution < -0.4 is 5.32 Å². The monoisotopic (exact) mass is 552 g/mol. The summed E-state index contributed by atoms with van der Waals surface area (Å²) in [7, 11) is 0. The number of rotatable bonds is 4. The third kappa shape index (κ3) is 6.28. The van der Waals surface area contributed by atoms with Crippen LogP contribution in [0.15, 0.2) is 24.3 Å². The highest BCUT2D eigenvalue weighted by atomic mass is 19.4. The van der Waals surface area contributed by atoms with Crippen molar-refractivity contribution in [2.75, 3.05) is 6.54 Å². The Balaban J connectivity index is 1.54. The van der Waals surface area contributed by atoms with E-state index < -0.39 is 53.5 Å². The summed E-state index contributed by atoms with van der Waals surface area (Å²) in [6, 6.07) is 3.41. The number of carbonyl (C=O) groups excluding carboxylic acids is 3. The van der Waals surface area contributed by atoms with Gasteiger partial charge in [-0.15, -0.1) is 0 Å². The Morgan fingerprint density at radius 1 is 1.05 bits per heavy atom. The van der Waals surface area contributed by atoms with E-state index in [1.807, 2.05) is 6.07 Å². The maximum Gasteiger partial charge on any atom is 0.416 e. The van der Waals surface area contributed by atoms with Crippen molar-refractivity contribution < 1.29 is 36.7 Å². The lowest BCUT2D eigenvalue weighted by Gasteiger charge is -2.42. The molecular weight excluding hydrogens is 520 g/mol. The molecule has 4 rings (SSSR count). The van der Waals surface area contributed by atoms with Crippen LogP contribution >= 0.6 is 0 Å². The molecule has 3 aliphatic rings. The fraction of sp³-hybridized carbons (Fsp3) is 0.630. The van der Waals surface area contributed by atoms with Crippen LogP contribution in [0, 0.1) is 17.2 Å². The molecule has 3 amide bonds. The van der Waals surface area contributed by atoms with E-state index in [4.69, 9.17) is 4.74 Å². The quantitative estimate of drug-likeness (QED) is 0.557. The Morgan fingerprint density at radius 3 is 2.15 bits per heavy atom. The van der Waals surface area contributed by atoms with Gasteiger partial charge in [-0.05, 0) is 76.6 Å². The van der Waals surface area contributed by atoms with Crippen LogP contribution in [-0.2, 0) is 15.7 Å². The second-order valence-electron chi connectivity index (χ2n) is 11.5. The Kier molecular flexibility index (Phi) is 7.83. The number of halogens is 4. The zero-order valence-corrected chi connectivity index (χ0v) is 22.0. The number of hydrogen-bond acceptors (Lipinski definition) is 5. The minimum Gasteiger partial charge on any atom is -0.444 e. The molecule has 0 aliphatic carbocycles. The van der Waals surface area contributed by atoms with E-state index in [2.05, 4.69) is 5.32 Å². The van der Waals surface area contributed by atoms with Crippen LogP contribution in [0.3, 0.4) is 0 Å². The second kappa shape index (κ2) is 10.7. The molecule has 12 heteroatoms. The van der Waals surface area contributed by atoms with Crippen LogP contribution in [0.5, 0.6) is 0 Å². The molecule has 3 aliphatic heterocycles. The summed E-state index contributed by atoms with van der Waals surface area (Å²) in [5.41, 5.74) is -1.54. The first-order valence-corrected chi connectivity index (χ1v) is 13.0. The average molecular weight is 553 g/mol. The van der Waals surface area contributed by atoms with E-state index in [1.54, 1.807) is 25.7 Å². The van der Waals surface area contributed by atoms with Crippen molar-refractivity contribution in [2.45, 2.75) is 95.0 Å². The fourth-order valence-corrected chi connectivity index (χ4v) is 5.92. The first kappa shape index (κ1) is 28.6. The standard InChI is InChI=1S/C27H32F4N4O4/c1-26(2,3)39-25(38)33-22(24(37)34-14-18(28)12-21(34)13-32)16-10-19-8-9-20(11-16)35(19)23(36)15-4-6-17(7-5-15)27(29,30)31/h4-7,16,18-22H,8-12,14H2,1-3H3,(H,33,38)/t18-,19-,20-,21-,22-/m0/s1. The first-order valence-electron chi connectivity index (χ1n) is 13.0. The van der Waals surface area contributed by atoms with Crippen molar-refractivity contribution in [3.05, 3.63) is 35.4 Å². The van der Waals surface area contributed by atoms with Crippen molar-refractivity contribution >= 4 is 17.9 Å². The SMILES string of the molecule is CC(C)(C)OC(=O)N[C@H](C(=O)N1C[C@@H](F)C[C@H]1C#N)C1C[C@@H]2CC[C@@H](C1)N2C(=O)c1ccc(C(F)(F)F)cc1. The molecule has 212 valence electrons. The number of hydrogen-bond donors (Lipinski definition) is 1. The van der Waals surface area contributed by atoms with E-state index in [1.165, 1.54) is 0 Å². The highest BCUT2D eigenvalue weighted by Crippen LogP contribution is 2.42. The van der Waals surface area contributed by atoms with Gasteiger partial charge in [-0.1, -0.05) is 0 Å². The molecule has 8 nitrogen and oxygen atoms in total. The van der Waals surface area contributed by atoms with Gasteiger partial charge in [-0.25, -0.2) is 9.18 Å². The van der Waals surface area contributed by atoms with Gasteiger partial charge >= 0.3 is 12.3 Å². The number of alkyl halides is 4. The summed E-state index contributed by atoms with van der Waals surface area (Å²) < 4.78 is 58.3. The molecule has 0 radical (unpaired) electrons. The number of ether oxygens (including phenoxy) is 1. The number of nitrogens with zero attached hydrogens (tertiary/aromatic N) is 3. The zero-order valence-electron chi connectivity index (χ0n) is 22.0. The maximum atomic E-state index is 14.1. The third-order valence-corrected chi connectivity index (χ3v) is 7.56. The molecule has 2 bridgehead atoms. The predicted octanol–water partition coefficient (Wildman–Crippen LogP) is 4.44. The Bertz CT molecular complexity index is 1130. The van der Waals surface area contributed by atoms with E-state index in [0.29, 0.717) is 25.7 Å². The zero-order chi connectivity index (χ0) is 28.7. The molecule has 3 heterocycles. The van der Waals surface area contributed by atoms with Crippen molar-refractivity contribution in [3.63, 3.8) is 0 Å². The van der Waals surface area contributed by atoms with Crippen molar-refractivity contribution in [1.29, 1.82) is 5.26 Å². The minimum absolute atomic E-state index is 0.104. The number of nitrogens with one attached hydrogen (secondary N) is 1. The highest BCUT2D eigenvalue weighted by Gasteiger charge is 2.49. The molecule has 0 spiro atoms. The average Bonchev–Trinajstić information content (AvgIpc) is 3.35. The topological polar surface area (TPSA) is 103 Å². The van der Waals surface area contributed by atoms with Gasteiger partial charge in [0.05, 0.1) is 18.2 Å². The van der Waals surface area contributed by atoms with Gasteiger partial charge in [-0.2, -0.15) is 18.4 Å². The number of amides is 3. The molecule has 0 unspecified atom stereocenters. The lowest BCUT2D eigenvalue weighted by Crippen LogP contribution is -2.58. The number of benzene rings is 1. The van der Waals surface area contributed by atoms with Gasteiger partial charge in [0.1, 0.15) is 23.9 Å². The van der Waals surface area contributed by atoms with Crippen molar-refractivity contribution in [3.8, 4) is 6.07 Å². The van der Waals surface area contributed by atoms with Crippen LogP contribution in [0.25, 0.3) is 0 Å². The van der Waals surface area contributed by atoms with Crippen molar-refractivity contribution in [1.82, 2.24) is 15.1 Å². The smallest absolute Gasteiger partial charge is 0.416 e. The summed E-state index contributed by atoms with van der Waals surface area (Å²) in [6.07, 6.45) is -4.81. The highest BCUT2D eigenvalue weighted by molar-refractivity contribution is 5.95. The number of likely N-dealkylation sites (tertiary alicyclic amines) is 1. The summed E-state index contributed by atoms with van der Waals surface area (Å²) >= 11 is 0. The molecule has 1 aromatic rings. The van der Waals surface area contributed by atoms with Gasteiger partial charge in [-0.3, -0.25) is 9.59 Å². The minimum atomic E-state index is -4.51. The molecule has 3 saturated heterocycles. The largest absolute Gasteiger partial charge is 0.444 e. The second-order valence-corrected chi connectivity index (χ2v) is 11.5. The number of nitriles is 1. The number of carbonyl (C=O) groups is 3. The molecule has 1 aromatic carbocycles. The normalized spacial score (nSPS) is 27.6. The Morgan fingerprint density at radius 2 is 1.64 bits per heavy atom. The molecule has 0 aromatic heterocycles. The number of piperidine rings is 1. The fourth-order valence-electron chi connectivity index (χ4n) is 5.92. The van der Waals surface area contributed by atoms with Crippen LogP contribution in [-0.4, -0.2) is 70.2 Å². The van der Waals surface area contributed by atoms with E-state index in [9.17, 15) is 37.2 Å². The van der Waals surface area contributed by atoms with Gasteiger partial charge in [0, 0.05) is 24.1 Å². The summed E-state index contributed by atoms with van der Waals surface area (Å²) in [5, 5.41) is 12.1. The third-order valence-electron chi connectivity index (χ3n) is 7.56. The molecule has 3 fully saturated rings. The van der Waals surface area contributed by atoms with Crippen LogP contribution in [0.1, 0.15) is 68.8 Å². The van der Waals surface area contributed by atoms with Gasteiger partial charge in [0.15, 0.2) is 0 Å². The predicted molar refractivity (Wildman–Crippen MR) is 131 cm³/mol. The van der Waals surface area contributed by atoms with E-state index in [0.717, 1.165) is 29.2 Å². The van der Waals surface area contributed by atoms with Crippen molar-refractivity contribution in [2.24, 2.45) is 5.92 Å². The molecular formula is C27H32F4N4O4. The van der Waals surface area contributed by atoms with Crippen LogP contribution in [0.2, 0.25) is 0 Å². The lowest BCUT2D eigenvalue weighted by atomic mass is 9.83. The Labute approximate surface area is 224 Å². The van der Waals surface area contributed by atoms with E-state index >= 15 is 0 Å². The lowest BCUT2D eigenvalue weighted by molar-refractivity contribution is -0.137. The summed E-state index contributed by atoms with van der Waals surface area (Å²) in [6.45, 7) is 4.78. The molecule has 0 saturated carbocycles. The molecule has 1 N–H and O–H groups in total. The Hall–Kier alpha value is -3.36. The molecule has 39 heavy (non-hydrogen) atoms. The van der Waals surface area contributed by atoms with E-state index in [-0.39, 0.29) is 36.5 Å². The van der Waals surface area contributed by atoms with Gasteiger partial charge < -0.3 is 19.9 Å². The van der Waals surface area contributed by atoms with Gasteiger partial charge in [0.2, 0.25) is 5.91 Å². The number of alkyl carbamates (subject to hydrolysis) is 1. The van der Waals surface area contributed by atoms with Crippen LogP contribution in [0.4, 0.5) is 22.4 Å². The summed E-state index contributed by atoms with van der Waals surface area (Å²) in [5.74, 6) is -1.38. The molecule has 5 atom stereocenters. The maximum absolute atomic E-state index is 14.1.